The standard InChI is InChI=1S/C14H24N2O2S/c1-6-8-10(5)14(7-2)11(17)15-13(19)16(9(3)4)12(14)18/h9-10H,6-8H2,1-5H3,(H,15,17,19). The molecule has 2 amide bonds. The predicted octanol–water partition coefficient (Wildman–Crippen LogP) is 2.88. The highest BCUT2D eigenvalue weighted by Crippen LogP contribution is 2.41. The van der Waals surface area contributed by atoms with Gasteiger partial charge in [0.05, 0.1) is 0 Å². The van der Waals surface area contributed by atoms with Crippen molar-refractivity contribution in [3.8, 4) is 0 Å². The third-order valence-corrected chi connectivity index (χ3v) is 4.35. The van der Waals surface area contributed by atoms with Crippen LogP contribution in [0.2, 0.25) is 0 Å². The molecule has 0 aromatic rings. The van der Waals surface area contributed by atoms with Crippen LogP contribution >= 0.6 is 12.6 Å². The van der Waals surface area contributed by atoms with Crippen molar-refractivity contribution < 1.29 is 9.59 Å². The van der Waals surface area contributed by atoms with Crippen molar-refractivity contribution in [1.82, 2.24) is 4.90 Å². The Labute approximate surface area is 121 Å². The van der Waals surface area contributed by atoms with Crippen LogP contribution in [0.4, 0.5) is 0 Å². The predicted molar refractivity (Wildman–Crippen MR) is 80.2 cm³/mol. The van der Waals surface area contributed by atoms with Crippen LogP contribution in [0.1, 0.15) is 53.9 Å². The van der Waals surface area contributed by atoms with Gasteiger partial charge in [-0.2, -0.15) is 4.99 Å². The number of amides is 2. The van der Waals surface area contributed by atoms with Crippen molar-refractivity contribution in [3.05, 3.63) is 0 Å². The molecule has 0 saturated carbocycles. The van der Waals surface area contributed by atoms with E-state index in [9.17, 15) is 9.59 Å². The minimum atomic E-state index is -1.01. The highest BCUT2D eigenvalue weighted by molar-refractivity contribution is 7.96. The second-order valence-corrected chi connectivity index (χ2v) is 5.90. The molecule has 0 fully saturated rings. The number of rotatable bonds is 5. The number of carbonyl (C=O) groups is 2. The van der Waals surface area contributed by atoms with Crippen LogP contribution in [0.3, 0.4) is 0 Å². The van der Waals surface area contributed by atoms with E-state index in [1.54, 1.807) is 4.90 Å². The van der Waals surface area contributed by atoms with Crippen LogP contribution < -0.4 is 0 Å². The Bertz CT molecular complexity index is 406. The average Bonchev–Trinajstić information content (AvgIpc) is 2.29. The molecule has 0 spiro atoms. The van der Waals surface area contributed by atoms with Crippen LogP contribution in [-0.4, -0.2) is 27.9 Å². The lowest BCUT2D eigenvalue weighted by atomic mass is 9.69. The van der Waals surface area contributed by atoms with E-state index in [0.717, 1.165) is 12.8 Å². The summed E-state index contributed by atoms with van der Waals surface area (Å²) in [6.45, 7) is 9.74. The molecule has 5 heteroatoms. The minimum absolute atomic E-state index is 0.00562. The molecule has 0 aromatic heterocycles. The van der Waals surface area contributed by atoms with E-state index in [2.05, 4.69) is 24.5 Å². The first-order chi connectivity index (χ1) is 8.82. The van der Waals surface area contributed by atoms with Crippen LogP contribution in [0, 0.1) is 11.3 Å². The zero-order valence-corrected chi connectivity index (χ0v) is 13.3. The Morgan fingerprint density at radius 1 is 1.26 bits per heavy atom. The second-order valence-electron chi connectivity index (χ2n) is 5.50. The third kappa shape index (κ3) is 2.57. The van der Waals surface area contributed by atoms with E-state index >= 15 is 0 Å². The number of aliphatic imine (C=N–C) groups is 1. The molecule has 0 N–H and O–H groups in total. The highest BCUT2D eigenvalue weighted by atomic mass is 32.1. The fourth-order valence-corrected chi connectivity index (χ4v) is 3.27. The first-order valence-electron chi connectivity index (χ1n) is 6.98. The molecule has 1 aliphatic rings. The van der Waals surface area contributed by atoms with E-state index < -0.39 is 5.41 Å². The molecule has 108 valence electrons. The van der Waals surface area contributed by atoms with Gasteiger partial charge in [0.25, 0.3) is 5.91 Å². The lowest BCUT2D eigenvalue weighted by Gasteiger charge is -2.42. The molecule has 0 aromatic carbocycles. The first-order valence-corrected chi connectivity index (χ1v) is 7.43. The number of amidine groups is 1. The average molecular weight is 284 g/mol. The summed E-state index contributed by atoms with van der Waals surface area (Å²) in [7, 11) is 0. The fourth-order valence-electron chi connectivity index (χ4n) is 2.86. The van der Waals surface area contributed by atoms with Crippen molar-refractivity contribution >= 4 is 29.6 Å². The number of hydrogen-bond donors (Lipinski definition) is 1. The van der Waals surface area contributed by atoms with Gasteiger partial charge >= 0.3 is 0 Å². The molecule has 0 radical (unpaired) electrons. The topological polar surface area (TPSA) is 49.7 Å². The fraction of sp³-hybridized carbons (Fsp3) is 0.786. The van der Waals surface area contributed by atoms with E-state index in [0.29, 0.717) is 6.42 Å². The van der Waals surface area contributed by atoms with Crippen LogP contribution in [-0.2, 0) is 9.59 Å². The van der Waals surface area contributed by atoms with E-state index in [4.69, 9.17) is 0 Å². The van der Waals surface area contributed by atoms with Gasteiger partial charge in [0.1, 0.15) is 5.41 Å². The highest BCUT2D eigenvalue weighted by Gasteiger charge is 2.53. The van der Waals surface area contributed by atoms with E-state index in [-0.39, 0.29) is 28.9 Å². The molecular formula is C14H24N2O2S. The summed E-state index contributed by atoms with van der Waals surface area (Å²) in [6.07, 6.45) is 2.27. The van der Waals surface area contributed by atoms with Gasteiger partial charge in [0.15, 0.2) is 5.17 Å². The lowest BCUT2D eigenvalue weighted by Crippen LogP contribution is -2.58. The Morgan fingerprint density at radius 2 is 1.84 bits per heavy atom. The molecule has 1 aliphatic heterocycles. The number of hydrogen-bond acceptors (Lipinski definition) is 2. The summed E-state index contributed by atoms with van der Waals surface area (Å²) in [5, 5.41) is 0.220. The molecule has 0 bridgehead atoms. The van der Waals surface area contributed by atoms with Crippen LogP contribution in [0.15, 0.2) is 4.99 Å². The second kappa shape index (κ2) is 6.07. The maximum Gasteiger partial charge on any atom is 0.264 e. The quantitative estimate of drug-likeness (QED) is 0.623. The lowest BCUT2D eigenvalue weighted by molar-refractivity contribution is -0.153. The van der Waals surface area contributed by atoms with Gasteiger partial charge in [-0.05, 0) is 32.6 Å². The first kappa shape index (κ1) is 16.2. The normalized spacial score (nSPS) is 25.8. The Morgan fingerprint density at radius 3 is 2.26 bits per heavy atom. The van der Waals surface area contributed by atoms with E-state index in [1.165, 1.54) is 0 Å². The van der Waals surface area contributed by atoms with Gasteiger partial charge in [-0.1, -0.05) is 27.2 Å². The Hall–Kier alpha value is -0.840. The van der Waals surface area contributed by atoms with Crippen molar-refractivity contribution in [3.63, 3.8) is 0 Å². The SMILES string of the molecule is CCCC(C)C1(CC)C(=O)N=C(S)N(C(C)C)C1=O. The number of thiol groups is 1. The van der Waals surface area contributed by atoms with Gasteiger partial charge < -0.3 is 0 Å². The van der Waals surface area contributed by atoms with Gasteiger partial charge in [-0.15, -0.1) is 12.6 Å². The summed E-state index contributed by atoms with van der Waals surface area (Å²) in [6, 6.07) is -0.0448. The summed E-state index contributed by atoms with van der Waals surface area (Å²) >= 11 is 4.19. The summed E-state index contributed by atoms with van der Waals surface area (Å²) in [5.41, 5.74) is -1.01. The van der Waals surface area contributed by atoms with Gasteiger partial charge in [-0.25, -0.2) is 0 Å². The molecule has 0 saturated heterocycles. The van der Waals surface area contributed by atoms with Crippen molar-refractivity contribution in [2.75, 3.05) is 0 Å². The third-order valence-electron chi connectivity index (χ3n) is 4.04. The maximum atomic E-state index is 12.8. The Balaban J connectivity index is 3.31. The Kier molecular flexibility index (Phi) is 5.18. The van der Waals surface area contributed by atoms with Crippen molar-refractivity contribution in [2.45, 2.75) is 59.9 Å². The maximum absolute atomic E-state index is 12.8. The van der Waals surface area contributed by atoms with Gasteiger partial charge in [0.2, 0.25) is 5.91 Å². The van der Waals surface area contributed by atoms with Gasteiger partial charge in [-0.3, -0.25) is 14.5 Å². The molecule has 2 unspecified atom stereocenters. The number of nitrogens with zero attached hydrogens (tertiary/aromatic N) is 2. The molecule has 1 rings (SSSR count). The van der Waals surface area contributed by atoms with Gasteiger partial charge in [0, 0.05) is 6.04 Å². The van der Waals surface area contributed by atoms with Crippen molar-refractivity contribution in [1.29, 1.82) is 0 Å². The smallest absolute Gasteiger partial charge is 0.264 e. The van der Waals surface area contributed by atoms with E-state index in [1.807, 2.05) is 27.7 Å². The minimum Gasteiger partial charge on any atom is -0.288 e. The largest absolute Gasteiger partial charge is 0.288 e. The summed E-state index contributed by atoms with van der Waals surface area (Å²) < 4.78 is 0. The summed E-state index contributed by atoms with van der Waals surface area (Å²) in [4.78, 5) is 30.8. The molecule has 0 aliphatic carbocycles. The summed E-state index contributed by atoms with van der Waals surface area (Å²) in [5.74, 6) is -0.479. The van der Waals surface area contributed by atoms with Crippen molar-refractivity contribution in [2.24, 2.45) is 16.3 Å². The molecular weight excluding hydrogens is 260 g/mol. The zero-order chi connectivity index (χ0) is 14.8. The van der Waals surface area contributed by atoms with Crippen LogP contribution in [0.25, 0.3) is 0 Å². The van der Waals surface area contributed by atoms with Crippen LogP contribution in [0.5, 0.6) is 0 Å². The molecule has 2 atom stereocenters. The zero-order valence-electron chi connectivity index (χ0n) is 12.4. The number of carbonyl (C=O) groups excluding carboxylic acids is 2. The molecule has 19 heavy (non-hydrogen) atoms. The molecule has 1 heterocycles. The molecule has 4 nitrogen and oxygen atoms in total. The monoisotopic (exact) mass is 284 g/mol.